The number of nitrogens with zero attached hydrogens (tertiary/aromatic N) is 5. The minimum absolute atomic E-state index is 0.0268. The average Bonchev–Trinajstić information content (AvgIpc) is 2.96. The summed E-state index contributed by atoms with van der Waals surface area (Å²) in [5, 5.41) is 2.38. The molecule has 3 aromatic rings. The first-order chi connectivity index (χ1) is 20.0. The topological polar surface area (TPSA) is 73.8 Å². The minimum Gasteiger partial charge on any atom is -0.375 e. The summed E-state index contributed by atoms with van der Waals surface area (Å²) in [5.41, 5.74) is -2.15. The molecule has 2 fully saturated rings. The van der Waals surface area contributed by atoms with Crippen LogP contribution >= 0.6 is 0 Å². The summed E-state index contributed by atoms with van der Waals surface area (Å²) >= 11 is 0. The first-order valence-corrected chi connectivity index (χ1v) is 13.6. The number of hydrogen-bond donors (Lipinski definition) is 1. The highest BCUT2D eigenvalue weighted by Crippen LogP contribution is 2.39. The van der Waals surface area contributed by atoms with Crippen LogP contribution in [0, 0.1) is 17.5 Å². The molecule has 0 radical (unpaired) electrons. The second-order valence-electron chi connectivity index (χ2n) is 10.6. The van der Waals surface area contributed by atoms with Crippen molar-refractivity contribution in [1.82, 2.24) is 14.9 Å². The van der Waals surface area contributed by atoms with Gasteiger partial charge in [0, 0.05) is 73.9 Å². The molecule has 1 aromatic heterocycles. The average molecular weight is 591 g/mol. The number of benzene rings is 2. The standard InChI is InChI=1S/C29H31F5N6O2/c1-16-14-39(7-6-38(16)3)23-11-22(31)24(18-12-35-29(36-13-18)40-8-9-42-17(2)15-40)25(32)26(23)37-28(41)20-5-4-19(30)10-21(20)27(33)34/h4-5,10-13,16-17,27H,6-9,14-15H2,1-3H3,(H,37,41)/t16-,17?/m0/s1. The third-order valence-electron chi connectivity index (χ3n) is 7.68. The molecule has 1 amide bonds. The Morgan fingerprint density at radius 2 is 1.76 bits per heavy atom. The van der Waals surface area contributed by atoms with E-state index >= 15 is 8.78 Å². The Morgan fingerprint density at radius 3 is 2.43 bits per heavy atom. The summed E-state index contributed by atoms with van der Waals surface area (Å²) in [6, 6.07) is 3.47. The number of piperazine rings is 1. The van der Waals surface area contributed by atoms with Crippen molar-refractivity contribution in [3.05, 3.63) is 65.2 Å². The highest BCUT2D eigenvalue weighted by Gasteiger charge is 2.30. The van der Waals surface area contributed by atoms with Crippen molar-refractivity contribution in [3.8, 4) is 11.1 Å². The van der Waals surface area contributed by atoms with E-state index in [1.54, 1.807) is 4.90 Å². The van der Waals surface area contributed by atoms with Gasteiger partial charge in [-0.1, -0.05) is 0 Å². The van der Waals surface area contributed by atoms with Crippen molar-refractivity contribution in [2.75, 3.05) is 61.5 Å². The number of anilines is 3. The minimum atomic E-state index is -3.15. The van der Waals surface area contributed by atoms with Crippen molar-refractivity contribution in [2.24, 2.45) is 0 Å². The zero-order valence-corrected chi connectivity index (χ0v) is 23.4. The molecule has 1 unspecified atom stereocenters. The quantitative estimate of drug-likeness (QED) is 0.400. The molecule has 42 heavy (non-hydrogen) atoms. The fourth-order valence-electron chi connectivity index (χ4n) is 5.22. The molecule has 2 aliphatic heterocycles. The maximum absolute atomic E-state index is 16.3. The van der Waals surface area contributed by atoms with Crippen molar-refractivity contribution < 1.29 is 31.5 Å². The summed E-state index contributed by atoms with van der Waals surface area (Å²) in [5.74, 6) is -3.67. The number of amides is 1. The highest BCUT2D eigenvalue weighted by molar-refractivity contribution is 6.07. The summed E-state index contributed by atoms with van der Waals surface area (Å²) in [4.78, 5) is 27.6. The van der Waals surface area contributed by atoms with Crippen LogP contribution in [-0.2, 0) is 4.74 Å². The Bertz CT molecular complexity index is 1460. The predicted octanol–water partition coefficient (Wildman–Crippen LogP) is 5.12. The van der Waals surface area contributed by atoms with Gasteiger partial charge in [-0.3, -0.25) is 4.79 Å². The van der Waals surface area contributed by atoms with E-state index in [0.29, 0.717) is 51.3 Å². The van der Waals surface area contributed by atoms with E-state index in [1.807, 2.05) is 25.8 Å². The third kappa shape index (κ3) is 6.02. The summed E-state index contributed by atoms with van der Waals surface area (Å²) in [7, 11) is 1.93. The van der Waals surface area contributed by atoms with Crippen LogP contribution in [0.25, 0.3) is 11.1 Å². The molecule has 1 N–H and O–H groups in total. The molecular formula is C29H31F5N6O2. The van der Waals surface area contributed by atoms with Crippen molar-refractivity contribution in [3.63, 3.8) is 0 Å². The number of alkyl halides is 2. The molecule has 0 bridgehead atoms. The molecule has 13 heteroatoms. The number of halogens is 5. The van der Waals surface area contributed by atoms with Gasteiger partial charge in [-0.05, 0) is 39.1 Å². The molecule has 3 heterocycles. The molecule has 0 aliphatic carbocycles. The molecule has 2 atom stereocenters. The molecular weight excluding hydrogens is 559 g/mol. The number of aromatic nitrogens is 2. The predicted molar refractivity (Wildman–Crippen MR) is 149 cm³/mol. The Labute approximate surface area is 240 Å². The van der Waals surface area contributed by atoms with Gasteiger partial charge in [-0.15, -0.1) is 0 Å². The third-order valence-corrected chi connectivity index (χ3v) is 7.68. The van der Waals surface area contributed by atoms with E-state index in [1.165, 1.54) is 12.4 Å². The van der Waals surface area contributed by atoms with E-state index in [4.69, 9.17) is 4.74 Å². The lowest BCUT2D eigenvalue weighted by molar-refractivity contribution is 0.0526. The summed E-state index contributed by atoms with van der Waals surface area (Å²) in [6.07, 6.45) is -0.595. The van der Waals surface area contributed by atoms with E-state index in [0.717, 1.165) is 18.2 Å². The van der Waals surface area contributed by atoms with Gasteiger partial charge in [0.25, 0.3) is 12.3 Å². The first kappa shape index (κ1) is 29.6. The van der Waals surface area contributed by atoms with Crippen molar-refractivity contribution in [1.29, 1.82) is 0 Å². The van der Waals surface area contributed by atoms with E-state index in [2.05, 4.69) is 20.2 Å². The Balaban J connectivity index is 1.55. The SMILES string of the molecule is CC1CN(c2ncc(-c3c(F)cc(N4CCN(C)[C@@H](C)C4)c(NC(=O)c4ccc(F)cc4C(F)F)c3F)cn2)CCO1. The van der Waals surface area contributed by atoms with Gasteiger partial charge in [-0.2, -0.15) is 0 Å². The van der Waals surface area contributed by atoms with E-state index < -0.39 is 46.5 Å². The van der Waals surface area contributed by atoms with Crippen LogP contribution in [0.4, 0.5) is 39.3 Å². The number of nitrogens with one attached hydrogen (secondary N) is 1. The van der Waals surface area contributed by atoms with Crippen LogP contribution in [0.2, 0.25) is 0 Å². The second kappa shape index (κ2) is 12.2. The molecule has 0 saturated carbocycles. The molecule has 2 aliphatic rings. The van der Waals surface area contributed by atoms with Crippen molar-refractivity contribution in [2.45, 2.75) is 32.4 Å². The molecule has 224 valence electrons. The molecule has 8 nitrogen and oxygen atoms in total. The highest BCUT2D eigenvalue weighted by atomic mass is 19.3. The number of morpholine rings is 1. The normalized spacial score (nSPS) is 19.8. The monoisotopic (exact) mass is 590 g/mol. The summed E-state index contributed by atoms with van der Waals surface area (Å²) < 4.78 is 78.5. The molecule has 0 spiro atoms. The molecule has 2 aromatic carbocycles. The fourth-order valence-corrected chi connectivity index (χ4v) is 5.22. The van der Waals surface area contributed by atoms with Gasteiger partial charge >= 0.3 is 0 Å². The zero-order valence-electron chi connectivity index (χ0n) is 23.4. The van der Waals surface area contributed by atoms with E-state index in [-0.39, 0.29) is 29.1 Å². The largest absolute Gasteiger partial charge is 0.375 e. The number of hydrogen-bond acceptors (Lipinski definition) is 7. The maximum Gasteiger partial charge on any atom is 0.264 e. The maximum atomic E-state index is 16.3. The van der Waals surface area contributed by atoms with Crippen LogP contribution in [-0.4, -0.2) is 79.3 Å². The number of carbonyl (C=O) groups excluding carboxylic acids is 1. The lowest BCUT2D eigenvalue weighted by atomic mass is 10.0. The molecule has 2 saturated heterocycles. The van der Waals surface area contributed by atoms with Gasteiger partial charge in [0.1, 0.15) is 17.3 Å². The number of likely N-dealkylation sites (N-methyl/N-ethyl adjacent to an activating group) is 1. The van der Waals surface area contributed by atoms with Gasteiger partial charge in [0.15, 0.2) is 5.82 Å². The first-order valence-electron chi connectivity index (χ1n) is 13.6. The number of ether oxygens (including phenoxy) is 1. The second-order valence-corrected chi connectivity index (χ2v) is 10.6. The van der Waals surface area contributed by atoms with Crippen LogP contribution < -0.4 is 15.1 Å². The van der Waals surface area contributed by atoms with Gasteiger partial charge in [0.05, 0.1) is 24.0 Å². The number of carbonyl (C=O) groups is 1. The van der Waals surface area contributed by atoms with Crippen molar-refractivity contribution >= 4 is 23.2 Å². The van der Waals surface area contributed by atoms with E-state index in [9.17, 15) is 18.0 Å². The van der Waals surface area contributed by atoms with Crippen LogP contribution in [0.5, 0.6) is 0 Å². The Morgan fingerprint density at radius 1 is 1.02 bits per heavy atom. The van der Waals surface area contributed by atoms with Crippen LogP contribution in [0.3, 0.4) is 0 Å². The van der Waals surface area contributed by atoms with Crippen LogP contribution in [0.15, 0.2) is 36.7 Å². The summed E-state index contributed by atoms with van der Waals surface area (Å²) in [6.45, 7) is 6.86. The fraction of sp³-hybridized carbons (Fsp3) is 0.414. The number of rotatable bonds is 6. The Kier molecular flexibility index (Phi) is 8.60. The lowest BCUT2D eigenvalue weighted by Crippen LogP contribution is -2.50. The smallest absolute Gasteiger partial charge is 0.264 e. The Hall–Kier alpha value is -3.84. The van der Waals surface area contributed by atoms with Crippen LogP contribution in [0.1, 0.15) is 36.2 Å². The zero-order chi connectivity index (χ0) is 30.1. The van der Waals surface area contributed by atoms with Gasteiger partial charge < -0.3 is 24.8 Å². The van der Waals surface area contributed by atoms with Gasteiger partial charge in [0.2, 0.25) is 5.95 Å². The lowest BCUT2D eigenvalue weighted by Gasteiger charge is -2.39. The molecule has 5 rings (SSSR count). The van der Waals surface area contributed by atoms with Gasteiger partial charge in [-0.25, -0.2) is 31.9 Å².